The lowest BCUT2D eigenvalue weighted by atomic mass is 10.2. The van der Waals surface area contributed by atoms with Gasteiger partial charge in [-0.3, -0.25) is 9.36 Å². The van der Waals surface area contributed by atoms with Crippen LogP contribution in [0.4, 0.5) is 5.95 Å². The van der Waals surface area contributed by atoms with Crippen molar-refractivity contribution in [3.8, 4) is 11.4 Å². The number of hydrogen-bond acceptors (Lipinski definition) is 6. The summed E-state index contributed by atoms with van der Waals surface area (Å²) < 4.78 is 1.95. The Hall–Kier alpha value is -2.45. The van der Waals surface area contributed by atoms with Crippen LogP contribution in [-0.4, -0.2) is 56.7 Å². The molecule has 1 aliphatic heterocycles. The lowest BCUT2D eigenvalue weighted by molar-refractivity contribution is 0.0751. The van der Waals surface area contributed by atoms with E-state index < -0.39 is 0 Å². The zero-order valence-electron chi connectivity index (χ0n) is 14.2. The van der Waals surface area contributed by atoms with Crippen LogP contribution in [-0.2, 0) is 7.05 Å². The summed E-state index contributed by atoms with van der Waals surface area (Å²) in [6.07, 6.45) is 1.69. The summed E-state index contributed by atoms with van der Waals surface area (Å²) in [5, 5.41) is 11.0. The number of carbonyl (C=O) groups excluding carboxylic acids is 1. The fourth-order valence-corrected chi connectivity index (χ4v) is 3.82. The maximum atomic E-state index is 12.5. The number of aromatic nitrogens is 4. The molecule has 0 bridgehead atoms. The van der Waals surface area contributed by atoms with Crippen LogP contribution in [0.5, 0.6) is 0 Å². The molecule has 0 radical (unpaired) electrons. The van der Waals surface area contributed by atoms with E-state index in [1.807, 2.05) is 40.1 Å². The third-order valence-electron chi connectivity index (χ3n) is 4.42. The summed E-state index contributed by atoms with van der Waals surface area (Å²) in [6.45, 7) is 2.78. The summed E-state index contributed by atoms with van der Waals surface area (Å²) in [7, 11) is 1.93. The highest BCUT2D eigenvalue weighted by atomic mass is 35.5. The van der Waals surface area contributed by atoms with Crippen molar-refractivity contribution in [1.82, 2.24) is 24.6 Å². The average molecular weight is 389 g/mol. The number of thiophene rings is 1. The second kappa shape index (κ2) is 7.05. The summed E-state index contributed by atoms with van der Waals surface area (Å²) in [5.74, 6) is 1.63. The number of carbonyl (C=O) groups is 1. The number of anilines is 1. The molecule has 0 aromatic carbocycles. The van der Waals surface area contributed by atoms with E-state index in [0.29, 0.717) is 18.2 Å². The summed E-state index contributed by atoms with van der Waals surface area (Å²) >= 11 is 7.33. The molecule has 0 spiro atoms. The van der Waals surface area contributed by atoms with Crippen LogP contribution in [0, 0.1) is 0 Å². The van der Waals surface area contributed by atoms with Crippen molar-refractivity contribution < 1.29 is 4.79 Å². The molecular formula is C17H17ClN6OS. The molecule has 7 nitrogen and oxygen atoms in total. The third-order valence-corrected chi connectivity index (χ3v) is 5.50. The van der Waals surface area contributed by atoms with Crippen molar-refractivity contribution in [3.63, 3.8) is 0 Å². The van der Waals surface area contributed by atoms with E-state index in [-0.39, 0.29) is 5.91 Å². The number of hydrogen-bond donors (Lipinski definition) is 0. The molecule has 3 aromatic heterocycles. The summed E-state index contributed by atoms with van der Waals surface area (Å²) in [5.41, 5.74) is 0.863. The number of pyridine rings is 1. The molecule has 134 valence electrons. The number of amides is 1. The Kier molecular flexibility index (Phi) is 4.60. The molecule has 1 amide bonds. The minimum atomic E-state index is 0.102. The summed E-state index contributed by atoms with van der Waals surface area (Å²) in [4.78, 5) is 21.4. The quantitative estimate of drug-likeness (QED) is 0.645. The van der Waals surface area contributed by atoms with Gasteiger partial charge in [0.15, 0.2) is 5.82 Å². The van der Waals surface area contributed by atoms with Crippen LogP contribution >= 0.6 is 22.9 Å². The fraction of sp³-hybridized carbons (Fsp3) is 0.294. The molecule has 0 aliphatic carbocycles. The van der Waals surface area contributed by atoms with E-state index in [1.165, 1.54) is 11.3 Å². The number of rotatable bonds is 3. The molecule has 0 unspecified atom stereocenters. The van der Waals surface area contributed by atoms with Crippen molar-refractivity contribution in [2.24, 2.45) is 7.05 Å². The molecular weight excluding hydrogens is 372 g/mol. The Bertz CT molecular complexity index is 900. The standard InChI is InChI=1S/C17H17ClN6OS/c1-22-15(12-4-5-14(18)19-11-12)20-21-17(22)24-8-6-23(7-9-24)16(25)13-3-2-10-26-13/h2-5,10-11H,6-9H2,1H3. The van der Waals surface area contributed by atoms with Crippen LogP contribution in [0.2, 0.25) is 5.15 Å². The van der Waals surface area contributed by atoms with E-state index in [2.05, 4.69) is 20.1 Å². The fourth-order valence-electron chi connectivity index (χ4n) is 3.02. The average Bonchev–Trinajstić information content (AvgIpc) is 3.32. The lowest BCUT2D eigenvalue weighted by Crippen LogP contribution is -2.49. The van der Waals surface area contributed by atoms with Gasteiger partial charge < -0.3 is 9.80 Å². The predicted octanol–water partition coefficient (Wildman–Crippen LogP) is 2.55. The highest BCUT2D eigenvalue weighted by Gasteiger charge is 2.25. The van der Waals surface area contributed by atoms with Gasteiger partial charge >= 0.3 is 0 Å². The van der Waals surface area contributed by atoms with Crippen molar-refractivity contribution >= 4 is 34.8 Å². The molecule has 4 heterocycles. The van der Waals surface area contributed by atoms with Gasteiger partial charge in [-0.05, 0) is 23.6 Å². The first-order valence-corrected chi connectivity index (χ1v) is 9.48. The van der Waals surface area contributed by atoms with Gasteiger partial charge in [0.05, 0.1) is 4.88 Å². The highest BCUT2D eigenvalue weighted by molar-refractivity contribution is 7.12. The number of halogens is 1. The number of nitrogens with zero attached hydrogens (tertiary/aromatic N) is 6. The first-order valence-electron chi connectivity index (χ1n) is 8.22. The maximum absolute atomic E-state index is 12.5. The second-order valence-electron chi connectivity index (χ2n) is 6.01. The van der Waals surface area contributed by atoms with Gasteiger partial charge in [0.1, 0.15) is 5.15 Å². The molecule has 0 N–H and O–H groups in total. The topological polar surface area (TPSA) is 67.2 Å². The Morgan fingerprint density at radius 2 is 1.96 bits per heavy atom. The molecule has 26 heavy (non-hydrogen) atoms. The molecule has 1 saturated heterocycles. The van der Waals surface area contributed by atoms with E-state index in [1.54, 1.807) is 12.3 Å². The van der Waals surface area contributed by atoms with Crippen LogP contribution in [0.3, 0.4) is 0 Å². The Morgan fingerprint density at radius 3 is 2.62 bits per heavy atom. The minimum Gasteiger partial charge on any atom is -0.337 e. The van der Waals surface area contributed by atoms with Gasteiger partial charge in [-0.1, -0.05) is 17.7 Å². The monoisotopic (exact) mass is 388 g/mol. The second-order valence-corrected chi connectivity index (χ2v) is 7.34. The van der Waals surface area contributed by atoms with Gasteiger partial charge in [-0.25, -0.2) is 4.98 Å². The minimum absolute atomic E-state index is 0.102. The molecule has 3 aromatic rings. The zero-order valence-corrected chi connectivity index (χ0v) is 15.7. The molecule has 0 atom stereocenters. The van der Waals surface area contributed by atoms with Crippen LogP contribution < -0.4 is 4.90 Å². The molecule has 1 fully saturated rings. The Balaban J connectivity index is 1.47. The van der Waals surface area contributed by atoms with Crippen LogP contribution in [0.1, 0.15) is 9.67 Å². The van der Waals surface area contributed by atoms with E-state index in [9.17, 15) is 4.79 Å². The van der Waals surface area contributed by atoms with Gasteiger partial charge in [-0.15, -0.1) is 21.5 Å². The first-order chi connectivity index (χ1) is 12.6. The SMILES string of the molecule is Cn1c(-c2ccc(Cl)nc2)nnc1N1CCN(C(=O)c2cccs2)CC1. The molecule has 0 saturated carbocycles. The third kappa shape index (κ3) is 3.17. The van der Waals surface area contributed by atoms with Crippen molar-refractivity contribution in [3.05, 3.63) is 45.9 Å². The largest absolute Gasteiger partial charge is 0.337 e. The maximum Gasteiger partial charge on any atom is 0.264 e. The molecule has 4 rings (SSSR count). The van der Waals surface area contributed by atoms with Crippen LogP contribution in [0.25, 0.3) is 11.4 Å². The van der Waals surface area contributed by atoms with Gasteiger partial charge in [-0.2, -0.15) is 0 Å². The van der Waals surface area contributed by atoms with Crippen LogP contribution in [0.15, 0.2) is 35.8 Å². The van der Waals surface area contributed by atoms with Gasteiger partial charge in [0.2, 0.25) is 5.95 Å². The van der Waals surface area contributed by atoms with Crippen molar-refractivity contribution in [2.45, 2.75) is 0 Å². The smallest absolute Gasteiger partial charge is 0.264 e. The van der Waals surface area contributed by atoms with E-state index >= 15 is 0 Å². The predicted molar refractivity (Wildman–Crippen MR) is 102 cm³/mol. The van der Waals surface area contributed by atoms with Crippen molar-refractivity contribution in [1.29, 1.82) is 0 Å². The van der Waals surface area contributed by atoms with Gasteiger partial charge in [0, 0.05) is 45.0 Å². The Labute approximate surface area is 159 Å². The van der Waals surface area contributed by atoms with E-state index in [4.69, 9.17) is 11.6 Å². The van der Waals surface area contributed by atoms with Crippen molar-refractivity contribution in [2.75, 3.05) is 31.1 Å². The van der Waals surface area contributed by atoms with Gasteiger partial charge in [0.25, 0.3) is 5.91 Å². The Morgan fingerprint density at radius 1 is 1.15 bits per heavy atom. The highest BCUT2D eigenvalue weighted by Crippen LogP contribution is 2.23. The first kappa shape index (κ1) is 17.0. The molecule has 1 aliphatic rings. The van der Waals surface area contributed by atoms with E-state index in [0.717, 1.165) is 35.3 Å². The normalized spacial score (nSPS) is 14.7. The summed E-state index contributed by atoms with van der Waals surface area (Å²) in [6, 6.07) is 7.39. The zero-order chi connectivity index (χ0) is 18.1. The number of piperazine rings is 1. The molecule has 9 heteroatoms. The lowest BCUT2D eigenvalue weighted by Gasteiger charge is -2.34.